The summed E-state index contributed by atoms with van der Waals surface area (Å²) in [5.74, 6) is 0.322. The normalized spacial score (nSPS) is 15.1. The Morgan fingerprint density at radius 3 is 2.12 bits per heavy atom. The van der Waals surface area contributed by atoms with E-state index in [1.807, 2.05) is 12.1 Å². The molecule has 1 aromatic rings. The van der Waals surface area contributed by atoms with Crippen molar-refractivity contribution in [3.63, 3.8) is 0 Å². The average Bonchev–Trinajstić information content (AvgIpc) is 2.22. The van der Waals surface area contributed by atoms with Crippen molar-refractivity contribution in [1.29, 1.82) is 0 Å². The van der Waals surface area contributed by atoms with E-state index in [9.17, 15) is 4.39 Å². The van der Waals surface area contributed by atoms with E-state index in [2.05, 4.69) is 20.8 Å². The predicted octanol–water partition coefficient (Wildman–Crippen LogP) is 3.52. The number of halogens is 1. The van der Waals surface area contributed by atoms with E-state index in [-0.39, 0.29) is 11.4 Å². The van der Waals surface area contributed by atoms with E-state index in [1.165, 1.54) is 12.1 Å². The molecule has 1 unspecified atom stereocenters. The van der Waals surface area contributed by atoms with Gasteiger partial charge in [-0.2, -0.15) is 0 Å². The molecule has 1 nitrogen and oxygen atoms in total. The second kappa shape index (κ2) is 5.44. The lowest BCUT2D eigenvalue weighted by Crippen LogP contribution is -2.45. The van der Waals surface area contributed by atoms with E-state index in [0.29, 0.717) is 5.92 Å². The Bertz CT molecular complexity index is 312. The van der Waals surface area contributed by atoms with Gasteiger partial charge in [-0.15, -0.1) is 0 Å². The van der Waals surface area contributed by atoms with Gasteiger partial charge in [0.15, 0.2) is 0 Å². The summed E-state index contributed by atoms with van der Waals surface area (Å²) in [4.78, 5) is 0. The predicted molar refractivity (Wildman–Crippen MR) is 66.8 cm³/mol. The van der Waals surface area contributed by atoms with Gasteiger partial charge in [-0.3, -0.25) is 0 Å². The molecule has 16 heavy (non-hydrogen) atoms. The summed E-state index contributed by atoms with van der Waals surface area (Å²) in [5.41, 5.74) is 7.26. The summed E-state index contributed by atoms with van der Waals surface area (Å²) >= 11 is 0. The van der Waals surface area contributed by atoms with Gasteiger partial charge >= 0.3 is 0 Å². The van der Waals surface area contributed by atoms with E-state index >= 15 is 0 Å². The molecule has 0 aliphatic rings. The minimum Gasteiger partial charge on any atom is -0.325 e. The van der Waals surface area contributed by atoms with Crippen LogP contribution in [0.5, 0.6) is 0 Å². The number of rotatable bonds is 5. The molecule has 0 bridgehead atoms. The van der Waals surface area contributed by atoms with Crippen molar-refractivity contribution in [1.82, 2.24) is 0 Å². The summed E-state index contributed by atoms with van der Waals surface area (Å²) in [6.07, 6.45) is 2.98. The topological polar surface area (TPSA) is 26.0 Å². The van der Waals surface area contributed by atoms with Crippen LogP contribution in [0.1, 0.15) is 39.2 Å². The third-order valence-electron chi connectivity index (χ3n) is 3.42. The zero-order valence-electron chi connectivity index (χ0n) is 10.5. The third kappa shape index (κ3) is 3.31. The molecule has 0 aromatic heterocycles. The van der Waals surface area contributed by atoms with E-state index in [4.69, 9.17) is 5.73 Å². The lowest BCUT2D eigenvalue weighted by molar-refractivity contribution is 0.275. The maximum absolute atomic E-state index is 12.8. The van der Waals surface area contributed by atoms with Crippen molar-refractivity contribution in [2.45, 2.75) is 45.6 Å². The van der Waals surface area contributed by atoms with Gasteiger partial charge in [0, 0.05) is 5.54 Å². The van der Waals surface area contributed by atoms with Gasteiger partial charge in [0.2, 0.25) is 0 Å². The van der Waals surface area contributed by atoms with E-state index in [1.54, 1.807) is 0 Å². The largest absolute Gasteiger partial charge is 0.325 e. The molecule has 0 fully saturated rings. The van der Waals surface area contributed by atoms with E-state index < -0.39 is 0 Å². The van der Waals surface area contributed by atoms with Crippen molar-refractivity contribution in [2.75, 3.05) is 0 Å². The minimum absolute atomic E-state index is 0.190. The Labute approximate surface area is 97.9 Å². The molecule has 0 saturated heterocycles. The highest BCUT2D eigenvalue weighted by molar-refractivity contribution is 5.18. The average molecular weight is 223 g/mol. The van der Waals surface area contributed by atoms with Crippen LogP contribution < -0.4 is 5.73 Å². The highest BCUT2D eigenvalue weighted by Crippen LogP contribution is 2.25. The number of hydrogen-bond donors (Lipinski definition) is 1. The van der Waals surface area contributed by atoms with Gasteiger partial charge in [-0.1, -0.05) is 38.8 Å². The number of benzene rings is 1. The van der Waals surface area contributed by atoms with Crippen LogP contribution in [-0.4, -0.2) is 5.54 Å². The Kier molecular flexibility index (Phi) is 4.48. The summed E-state index contributed by atoms with van der Waals surface area (Å²) in [6, 6.07) is 6.64. The summed E-state index contributed by atoms with van der Waals surface area (Å²) in [7, 11) is 0. The fraction of sp³-hybridized carbons (Fsp3) is 0.571. The van der Waals surface area contributed by atoms with Crippen LogP contribution in [0.2, 0.25) is 0 Å². The number of nitrogens with two attached hydrogens (primary N) is 1. The smallest absolute Gasteiger partial charge is 0.123 e. The molecule has 0 saturated carbocycles. The Hall–Kier alpha value is -0.890. The SMILES string of the molecule is CCC(CC)C(C)(N)Cc1ccc(F)cc1. The van der Waals surface area contributed by atoms with Crippen LogP contribution in [0.15, 0.2) is 24.3 Å². The van der Waals surface area contributed by atoms with Crippen molar-refractivity contribution in [2.24, 2.45) is 11.7 Å². The quantitative estimate of drug-likeness (QED) is 0.812. The highest BCUT2D eigenvalue weighted by Gasteiger charge is 2.27. The number of hydrogen-bond acceptors (Lipinski definition) is 1. The first-order chi connectivity index (χ1) is 7.49. The second-order valence-corrected chi connectivity index (χ2v) is 4.82. The first kappa shape index (κ1) is 13.2. The minimum atomic E-state index is -0.207. The molecule has 0 aliphatic heterocycles. The van der Waals surface area contributed by atoms with Crippen LogP contribution in [-0.2, 0) is 6.42 Å². The molecule has 2 heteroatoms. The van der Waals surface area contributed by atoms with Gasteiger partial charge in [-0.25, -0.2) is 4.39 Å². The fourth-order valence-electron chi connectivity index (χ4n) is 2.41. The maximum Gasteiger partial charge on any atom is 0.123 e. The summed E-state index contributed by atoms with van der Waals surface area (Å²) < 4.78 is 12.8. The van der Waals surface area contributed by atoms with Crippen LogP contribution in [0.4, 0.5) is 4.39 Å². The summed E-state index contributed by atoms with van der Waals surface area (Å²) in [5, 5.41) is 0. The molecular weight excluding hydrogens is 201 g/mol. The molecule has 0 radical (unpaired) electrons. The Morgan fingerprint density at radius 1 is 1.19 bits per heavy atom. The molecule has 2 N–H and O–H groups in total. The maximum atomic E-state index is 12.8. The molecule has 0 heterocycles. The molecule has 1 rings (SSSR count). The molecule has 0 spiro atoms. The van der Waals surface area contributed by atoms with Crippen LogP contribution in [0, 0.1) is 11.7 Å². The van der Waals surface area contributed by atoms with Crippen LogP contribution in [0.25, 0.3) is 0 Å². The van der Waals surface area contributed by atoms with Crippen molar-refractivity contribution < 1.29 is 4.39 Å². The van der Waals surface area contributed by atoms with Gasteiger partial charge < -0.3 is 5.73 Å². The first-order valence-corrected chi connectivity index (χ1v) is 6.03. The Morgan fingerprint density at radius 2 is 1.69 bits per heavy atom. The van der Waals surface area contributed by atoms with Crippen molar-refractivity contribution >= 4 is 0 Å². The third-order valence-corrected chi connectivity index (χ3v) is 3.42. The standard InChI is InChI=1S/C14H22FN/c1-4-12(5-2)14(3,16)10-11-6-8-13(15)9-7-11/h6-9,12H,4-5,10,16H2,1-3H3. The molecular formula is C14H22FN. The van der Waals surface area contributed by atoms with Crippen molar-refractivity contribution in [3.05, 3.63) is 35.6 Å². The first-order valence-electron chi connectivity index (χ1n) is 6.03. The van der Waals surface area contributed by atoms with Gasteiger partial charge in [0.1, 0.15) is 5.82 Å². The second-order valence-electron chi connectivity index (χ2n) is 4.82. The fourth-order valence-corrected chi connectivity index (χ4v) is 2.41. The molecule has 1 aromatic carbocycles. The Balaban J connectivity index is 2.75. The zero-order valence-corrected chi connectivity index (χ0v) is 10.5. The van der Waals surface area contributed by atoms with Gasteiger partial charge in [-0.05, 0) is 37.0 Å². The molecule has 90 valence electrons. The van der Waals surface area contributed by atoms with Crippen LogP contribution in [0.3, 0.4) is 0 Å². The lowest BCUT2D eigenvalue weighted by Gasteiger charge is -2.33. The van der Waals surface area contributed by atoms with Gasteiger partial charge in [0.05, 0.1) is 0 Å². The molecule has 0 aliphatic carbocycles. The highest BCUT2D eigenvalue weighted by atomic mass is 19.1. The molecule has 1 atom stereocenters. The van der Waals surface area contributed by atoms with Crippen molar-refractivity contribution in [3.8, 4) is 0 Å². The zero-order chi connectivity index (χ0) is 12.2. The monoisotopic (exact) mass is 223 g/mol. The lowest BCUT2D eigenvalue weighted by atomic mass is 9.78. The van der Waals surface area contributed by atoms with Crippen LogP contribution >= 0.6 is 0 Å². The van der Waals surface area contributed by atoms with Gasteiger partial charge in [0.25, 0.3) is 0 Å². The molecule has 0 amide bonds. The van der Waals surface area contributed by atoms with E-state index in [0.717, 1.165) is 24.8 Å². The summed E-state index contributed by atoms with van der Waals surface area (Å²) in [6.45, 7) is 6.43.